The van der Waals surface area contributed by atoms with Gasteiger partial charge in [0.1, 0.15) is 12.3 Å². The van der Waals surface area contributed by atoms with Gasteiger partial charge in [-0.05, 0) is 0 Å². The van der Waals surface area contributed by atoms with Crippen LogP contribution in [0.2, 0.25) is 0 Å². The molecule has 4 atom stereocenters. The number of H-pyrrole nitrogens is 1. The Labute approximate surface area is 108 Å². The van der Waals surface area contributed by atoms with Crippen molar-refractivity contribution >= 4 is 0 Å². The van der Waals surface area contributed by atoms with Crippen LogP contribution in [0.4, 0.5) is 0 Å². The van der Waals surface area contributed by atoms with E-state index in [9.17, 15) is 19.8 Å². The molecule has 102 valence electrons. The molecule has 0 saturated carbocycles. The highest BCUT2D eigenvalue weighted by molar-refractivity contribution is 5.17. The number of hydrogen-bond donors (Lipinski definition) is 3. The van der Waals surface area contributed by atoms with Gasteiger partial charge < -0.3 is 14.9 Å². The average Bonchev–Trinajstić information content (AvgIpc) is 2.64. The summed E-state index contributed by atoms with van der Waals surface area (Å²) in [5, 5.41) is 19.4. The lowest BCUT2D eigenvalue weighted by molar-refractivity contribution is -0.0919. The number of aromatic nitrogens is 2. The Morgan fingerprint density at radius 2 is 2.32 bits per heavy atom. The van der Waals surface area contributed by atoms with Crippen LogP contribution in [0, 0.1) is 18.3 Å². The number of aliphatic hydroxyl groups excluding tert-OH is 2. The minimum absolute atomic E-state index is 0.521. The molecule has 1 aliphatic rings. The summed E-state index contributed by atoms with van der Waals surface area (Å²) in [5.41, 5.74) is -2.74. The molecule has 0 spiro atoms. The van der Waals surface area contributed by atoms with E-state index in [4.69, 9.17) is 11.2 Å². The van der Waals surface area contributed by atoms with Crippen LogP contribution in [0.3, 0.4) is 0 Å². The molecule has 1 aromatic heterocycles. The number of terminal acetylenes is 1. The Morgan fingerprint density at radius 3 is 2.79 bits per heavy atom. The summed E-state index contributed by atoms with van der Waals surface area (Å²) in [4.78, 5) is 24.8. The number of ether oxygens (including phenoxy) is 1. The Hall–Kier alpha value is -1.88. The minimum atomic E-state index is -1.54. The van der Waals surface area contributed by atoms with E-state index in [2.05, 4.69) is 10.9 Å². The maximum Gasteiger partial charge on any atom is 0.330 e. The minimum Gasteiger partial charge on any atom is -0.392 e. The molecule has 1 fully saturated rings. The van der Waals surface area contributed by atoms with E-state index in [1.165, 1.54) is 12.3 Å². The van der Waals surface area contributed by atoms with Crippen molar-refractivity contribution in [2.45, 2.75) is 24.9 Å². The van der Waals surface area contributed by atoms with Gasteiger partial charge in [0.15, 0.2) is 5.60 Å². The number of aliphatic hydroxyl groups is 2. The SMILES string of the molecule is C#CC1(CO)OC(n2ccc(=O)[nH]c2=O)C(C)C1O. The van der Waals surface area contributed by atoms with E-state index >= 15 is 0 Å². The topological polar surface area (TPSA) is 105 Å². The lowest BCUT2D eigenvalue weighted by atomic mass is 9.92. The first-order chi connectivity index (χ1) is 8.95. The maximum atomic E-state index is 11.7. The fourth-order valence-corrected chi connectivity index (χ4v) is 2.21. The lowest BCUT2D eigenvalue weighted by Crippen LogP contribution is -2.43. The predicted molar refractivity (Wildman–Crippen MR) is 65.3 cm³/mol. The van der Waals surface area contributed by atoms with Crippen molar-refractivity contribution in [3.05, 3.63) is 33.1 Å². The van der Waals surface area contributed by atoms with E-state index in [0.717, 1.165) is 4.57 Å². The van der Waals surface area contributed by atoms with Gasteiger partial charge in [0, 0.05) is 18.2 Å². The van der Waals surface area contributed by atoms with Gasteiger partial charge in [-0.1, -0.05) is 12.8 Å². The molecule has 1 aromatic rings. The first kappa shape index (κ1) is 13.5. The average molecular weight is 266 g/mol. The molecule has 0 amide bonds. The van der Waals surface area contributed by atoms with Gasteiger partial charge in [0.25, 0.3) is 5.56 Å². The third-order valence-electron chi connectivity index (χ3n) is 3.36. The van der Waals surface area contributed by atoms with Gasteiger partial charge in [0.2, 0.25) is 0 Å². The fourth-order valence-electron chi connectivity index (χ4n) is 2.21. The molecule has 4 unspecified atom stereocenters. The van der Waals surface area contributed by atoms with Gasteiger partial charge in [-0.2, -0.15) is 0 Å². The zero-order chi connectivity index (χ0) is 14.2. The van der Waals surface area contributed by atoms with E-state index in [1.54, 1.807) is 6.92 Å². The fraction of sp³-hybridized carbons (Fsp3) is 0.500. The zero-order valence-corrected chi connectivity index (χ0v) is 10.2. The second-order valence-corrected chi connectivity index (χ2v) is 4.52. The Bertz CT molecular complexity index is 628. The van der Waals surface area contributed by atoms with Crippen LogP contribution >= 0.6 is 0 Å². The molecule has 7 heteroatoms. The van der Waals surface area contributed by atoms with Crippen molar-refractivity contribution in [1.82, 2.24) is 9.55 Å². The largest absolute Gasteiger partial charge is 0.392 e. The van der Waals surface area contributed by atoms with Gasteiger partial charge in [-0.15, -0.1) is 6.42 Å². The first-order valence-corrected chi connectivity index (χ1v) is 5.71. The summed E-state index contributed by atoms with van der Waals surface area (Å²) < 4.78 is 6.61. The molecule has 0 bridgehead atoms. The van der Waals surface area contributed by atoms with E-state index in [1.807, 2.05) is 0 Å². The lowest BCUT2D eigenvalue weighted by Gasteiger charge is -2.23. The molecule has 7 nitrogen and oxygen atoms in total. The highest BCUT2D eigenvalue weighted by Gasteiger charge is 2.52. The Morgan fingerprint density at radius 1 is 1.63 bits per heavy atom. The highest BCUT2D eigenvalue weighted by Crippen LogP contribution is 2.40. The van der Waals surface area contributed by atoms with Crippen LogP contribution in [-0.2, 0) is 4.74 Å². The summed E-state index contributed by atoms with van der Waals surface area (Å²) in [7, 11) is 0. The summed E-state index contributed by atoms with van der Waals surface area (Å²) in [6.45, 7) is 1.07. The van der Waals surface area contributed by atoms with Gasteiger partial charge in [-0.25, -0.2) is 4.79 Å². The molecule has 3 N–H and O–H groups in total. The summed E-state index contributed by atoms with van der Waals surface area (Å²) in [6.07, 6.45) is 4.58. The van der Waals surface area contributed by atoms with Gasteiger partial charge >= 0.3 is 5.69 Å². The summed E-state index contributed by atoms with van der Waals surface area (Å²) >= 11 is 0. The number of nitrogens with zero attached hydrogens (tertiary/aromatic N) is 1. The van der Waals surface area contributed by atoms with Crippen molar-refractivity contribution in [3.8, 4) is 12.3 Å². The van der Waals surface area contributed by atoms with Gasteiger partial charge in [-0.3, -0.25) is 14.3 Å². The van der Waals surface area contributed by atoms with E-state index < -0.39 is 41.7 Å². The zero-order valence-electron chi connectivity index (χ0n) is 10.2. The third-order valence-corrected chi connectivity index (χ3v) is 3.36. The molecule has 0 radical (unpaired) electrons. The molecule has 0 aliphatic carbocycles. The standard InChI is InChI=1S/C12H14N2O5/c1-3-12(6-15)9(17)7(2)10(19-12)14-5-4-8(16)13-11(14)18/h1,4-5,7,9-10,15,17H,6H2,2H3,(H,13,16,18). The molecule has 19 heavy (non-hydrogen) atoms. The van der Waals surface area contributed by atoms with Crippen LogP contribution < -0.4 is 11.2 Å². The highest BCUT2D eigenvalue weighted by atomic mass is 16.6. The van der Waals surface area contributed by atoms with E-state index in [0.29, 0.717) is 0 Å². The van der Waals surface area contributed by atoms with Gasteiger partial charge in [0.05, 0.1) is 6.61 Å². The molecule has 0 aromatic carbocycles. The second kappa shape index (κ2) is 4.66. The van der Waals surface area contributed by atoms with Crippen molar-refractivity contribution in [2.75, 3.05) is 6.61 Å². The summed E-state index contributed by atoms with van der Waals surface area (Å²) in [5.74, 6) is 1.71. The van der Waals surface area contributed by atoms with E-state index in [-0.39, 0.29) is 0 Å². The Balaban J connectivity index is 2.46. The van der Waals surface area contributed by atoms with Crippen LogP contribution in [0.1, 0.15) is 13.2 Å². The third kappa shape index (κ3) is 2.00. The van der Waals surface area contributed by atoms with Crippen molar-refractivity contribution in [3.63, 3.8) is 0 Å². The van der Waals surface area contributed by atoms with Crippen molar-refractivity contribution in [2.24, 2.45) is 5.92 Å². The second-order valence-electron chi connectivity index (χ2n) is 4.52. The molecule has 2 rings (SSSR count). The van der Waals surface area contributed by atoms with Crippen molar-refractivity contribution < 1.29 is 14.9 Å². The number of hydrogen-bond acceptors (Lipinski definition) is 5. The molecular weight excluding hydrogens is 252 g/mol. The molecule has 1 aliphatic heterocycles. The molecule has 1 saturated heterocycles. The maximum absolute atomic E-state index is 11.7. The number of rotatable bonds is 2. The number of aromatic amines is 1. The predicted octanol–water partition coefficient (Wildman–Crippen LogP) is -1.57. The molecular formula is C12H14N2O5. The van der Waals surface area contributed by atoms with Crippen LogP contribution in [0.15, 0.2) is 21.9 Å². The molecule has 2 heterocycles. The quantitative estimate of drug-likeness (QED) is 0.561. The number of nitrogens with one attached hydrogen (secondary N) is 1. The monoisotopic (exact) mass is 266 g/mol. The Kier molecular flexibility index (Phi) is 3.32. The van der Waals surface area contributed by atoms with Crippen LogP contribution in [-0.4, -0.2) is 38.1 Å². The van der Waals surface area contributed by atoms with Crippen molar-refractivity contribution in [1.29, 1.82) is 0 Å². The van der Waals surface area contributed by atoms with Crippen LogP contribution in [0.5, 0.6) is 0 Å². The van der Waals surface area contributed by atoms with Crippen LogP contribution in [0.25, 0.3) is 0 Å². The normalized spacial score (nSPS) is 34.1. The smallest absolute Gasteiger partial charge is 0.330 e. The summed E-state index contributed by atoms with van der Waals surface area (Å²) in [6, 6.07) is 1.17. The first-order valence-electron chi connectivity index (χ1n) is 5.71.